The minimum atomic E-state index is -4.65. The summed E-state index contributed by atoms with van der Waals surface area (Å²) in [6, 6.07) is 7.17. The highest BCUT2D eigenvalue weighted by atomic mass is 31.2. The van der Waals surface area contributed by atoms with E-state index >= 15 is 0 Å². The highest BCUT2D eigenvalue weighted by Gasteiger charge is 2.43. The lowest BCUT2D eigenvalue weighted by molar-refractivity contribution is -0.0268. The molecule has 0 radical (unpaired) electrons. The third-order valence-electron chi connectivity index (χ3n) is 3.80. The summed E-state index contributed by atoms with van der Waals surface area (Å²) >= 11 is 0. The number of methoxy groups -OCH3 is 1. The van der Waals surface area contributed by atoms with Gasteiger partial charge in [-0.1, -0.05) is 26.0 Å². The normalized spacial score (nSPS) is 16.4. The van der Waals surface area contributed by atoms with Gasteiger partial charge in [0.1, 0.15) is 11.4 Å². The Labute approximate surface area is 132 Å². The van der Waals surface area contributed by atoms with Crippen molar-refractivity contribution in [2.24, 2.45) is 5.92 Å². The van der Waals surface area contributed by atoms with Gasteiger partial charge in [-0.3, -0.25) is 4.52 Å². The average molecular weight is 331 g/mol. The Hall–Kier alpha value is -0.910. The van der Waals surface area contributed by atoms with Gasteiger partial charge in [-0.05, 0) is 38.2 Å². The molecule has 2 N–H and O–H groups in total. The SMILES string of the molecule is CC[C@@](OP(=O)(O)O)(c1cccc(OC)c1)[C@H](C)CN(C)C. The second-order valence-corrected chi connectivity index (χ2v) is 6.88. The van der Waals surface area contributed by atoms with E-state index in [0.29, 0.717) is 24.3 Å². The zero-order valence-electron chi connectivity index (χ0n) is 13.8. The van der Waals surface area contributed by atoms with Crippen molar-refractivity contribution in [2.75, 3.05) is 27.7 Å². The molecule has 0 fully saturated rings. The smallest absolute Gasteiger partial charge is 0.470 e. The van der Waals surface area contributed by atoms with Gasteiger partial charge in [-0.2, -0.15) is 0 Å². The Balaban J connectivity index is 3.37. The van der Waals surface area contributed by atoms with Crippen LogP contribution in [0.25, 0.3) is 0 Å². The van der Waals surface area contributed by atoms with Crippen molar-refractivity contribution in [3.8, 4) is 5.75 Å². The summed E-state index contributed by atoms with van der Waals surface area (Å²) in [6.45, 7) is 4.42. The number of benzene rings is 1. The van der Waals surface area contributed by atoms with Gasteiger partial charge >= 0.3 is 7.82 Å². The van der Waals surface area contributed by atoms with Crippen LogP contribution in [0.2, 0.25) is 0 Å². The first-order valence-electron chi connectivity index (χ1n) is 7.20. The number of phosphoric acid groups is 1. The molecule has 0 aliphatic rings. The fraction of sp³-hybridized carbons (Fsp3) is 0.600. The van der Waals surface area contributed by atoms with Crippen molar-refractivity contribution in [1.29, 1.82) is 0 Å². The average Bonchev–Trinajstić information content (AvgIpc) is 2.43. The molecule has 0 amide bonds. The van der Waals surface area contributed by atoms with Gasteiger partial charge in [0, 0.05) is 12.5 Å². The van der Waals surface area contributed by atoms with Crippen molar-refractivity contribution in [1.82, 2.24) is 4.90 Å². The molecule has 1 aromatic rings. The Kier molecular flexibility index (Phi) is 6.59. The zero-order valence-corrected chi connectivity index (χ0v) is 14.7. The van der Waals surface area contributed by atoms with Crippen molar-refractivity contribution in [2.45, 2.75) is 25.9 Å². The summed E-state index contributed by atoms with van der Waals surface area (Å²) in [6.07, 6.45) is 0.431. The molecule has 0 saturated carbocycles. The van der Waals surface area contributed by atoms with E-state index in [1.165, 1.54) is 0 Å². The van der Waals surface area contributed by atoms with Gasteiger partial charge < -0.3 is 19.4 Å². The van der Waals surface area contributed by atoms with E-state index in [4.69, 9.17) is 9.26 Å². The number of rotatable bonds is 8. The Bertz CT molecular complexity index is 530. The molecule has 0 bridgehead atoms. The minimum absolute atomic E-state index is 0.132. The molecule has 22 heavy (non-hydrogen) atoms. The molecule has 0 aliphatic carbocycles. The van der Waals surface area contributed by atoms with Crippen LogP contribution in [0, 0.1) is 5.92 Å². The van der Waals surface area contributed by atoms with E-state index in [1.54, 1.807) is 25.3 Å². The van der Waals surface area contributed by atoms with Gasteiger partial charge in [-0.15, -0.1) is 0 Å². The van der Waals surface area contributed by atoms with E-state index in [2.05, 4.69) is 0 Å². The predicted octanol–water partition coefficient (Wildman–Crippen LogP) is 2.61. The molecule has 1 rings (SSSR count). The quantitative estimate of drug-likeness (QED) is 0.713. The summed E-state index contributed by atoms with van der Waals surface area (Å²) in [5.74, 6) is 0.494. The molecule has 1 aromatic carbocycles. The highest BCUT2D eigenvalue weighted by Crippen LogP contribution is 2.51. The molecule has 0 heterocycles. The van der Waals surface area contributed by atoms with Gasteiger partial charge in [0.2, 0.25) is 0 Å². The van der Waals surface area contributed by atoms with Crippen LogP contribution in [-0.2, 0) is 14.7 Å². The highest BCUT2D eigenvalue weighted by molar-refractivity contribution is 7.46. The van der Waals surface area contributed by atoms with Gasteiger partial charge in [0.05, 0.1) is 7.11 Å². The fourth-order valence-electron chi connectivity index (χ4n) is 2.84. The number of ether oxygens (including phenoxy) is 1. The second-order valence-electron chi connectivity index (χ2n) is 5.72. The first kappa shape index (κ1) is 19.1. The minimum Gasteiger partial charge on any atom is -0.497 e. The summed E-state index contributed by atoms with van der Waals surface area (Å²) < 4.78 is 22.1. The van der Waals surface area contributed by atoms with Crippen LogP contribution in [-0.4, -0.2) is 42.4 Å². The van der Waals surface area contributed by atoms with E-state index in [0.717, 1.165) is 0 Å². The van der Waals surface area contributed by atoms with Crippen LogP contribution in [0.5, 0.6) is 5.75 Å². The molecule has 0 saturated heterocycles. The lowest BCUT2D eigenvalue weighted by Gasteiger charge is -2.39. The van der Waals surface area contributed by atoms with Crippen molar-refractivity contribution >= 4 is 7.82 Å². The van der Waals surface area contributed by atoms with Crippen LogP contribution in [0.4, 0.5) is 0 Å². The van der Waals surface area contributed by atoms with Gasteiger partial charge in [-0.25, -0.2) is 4.57 Å². The van der Waals surface area contributed by atoms with Crippen molar-refractivity contribution in [3.63, 3.8) is 0 Å². The van der Waals surface area contributed by atoms with Crippen LogP contribution in [0.1, 0.15) is 25.8 Å². The molecule has 6 nitrogen and oxygen atoms in total. The third kappa shape index (κ3) is 4.80. The molecular formula is C15H26NO5P. The first-order valence-corrected chi connectivity index (χ1v) is 8.73. The molecule has 0 aromatic heterocycles. The number of hydrogen-bond donors (Lipinski definition) is 2. The molecule has 0 aliphatic heterocycles. The zero-order chi connectivity index (χ0) is 17.0. The van der Waals surface area contributed by atoms with Gasteiger partial charge in [0.15, 0.2) is 0 Å². The van der Waals surface area contributed by atoms with E-state index in [1.807, 2.05) is 38.9 Å². The Morgan fingerprint density at radius 1 is 1.36 bits per heavy atom. The summed E-state index contributed by atoms with van der Waals surface area (Å²) in [7, 11) is 0.739. The van der Waals surface area contributed by atoms with Crippen molar-refractivity contribution in [3.05, 3.63) is 29.8 Å². The van der Waals surface area contributed by atoms with E-state index in [-0.39, 0.29) is 5.92 Å². The van der Waals surface area contributed by atoms with Gasteiger partial charge in [0.25, 0.3) is 0 Å². The Morgan fingerprint density at radius 3 is 2.45 bits per heavy atom. The van der Waals surface area contributed by atoms with E-state index < -0.39 is 13.4 Å². The lowest BCUT2D eigenvalue weighted by Crippen LogP contribution is -2.40. The molecular weight excluding hydrogens is 305 g/mol. The second kappa shape index (κ2) is 7.57. The largest absolute Gasteiger partial charge is 0.497 e. The molecule has 7 heteroatoms. The third-order valence-corrected chi connectivity index (χ3v) is 4.36. The van der Waals surface area contributed by atoms with Crippen LogP contribution >= 0.6 is 7.82 Å². The Morgan fingerprint density at radius 2 is 2.00 bits per heavy atom. The summed E-state index contributed by atoms with van der Waals surface area (Å²) in [5.41, 5.74) is -0.385. The predicted molar refractivity (Wildman–Crippen MR) is 85.8 cm³/mol. The number of nitrogens with zero attached hydrogens (tertiary/aromatic N) is 1. The molecule has 2 atom stereocenters. The summed E-state index contributed by atoms with van der Waals surface area (Å²) in [5, 5.41) is 0. The molecule has 0 unspecified atom stereocenters. The topological polar surface area (TPSA) is 79.2 Å². The van der Waals surface area contributed by atoms with Crippen LogP contribution in [0.15, 0.2) is 24.3 Å². The maximum atomic E-state index is 11.6. The molecule has 0 spiro atoms. The summed E-state index contributed by atoms with van der Waals surface area (Å²) in [4.78, 5) is 20.8. The standard InChI is InChI=1S/C15H26NO5P/c1-6-15(21-22(17,18)19,12(2)11-16(3)4)13-8-7-9-14(10-13)20-5/h7-10,12H,6,11H2,1-5H3,(H2,17,18,19)/t12-,15+/m1/s1. The van der Waals surface area contributed by atoms with Crippen LogP contribution in [0.3, 0.4) is 0 Å². The van der Waals surface area contributed by atoms with Crippen molar-refractivity contribution < 1.29 is 23.6 Å². The first-order chi connectivity index (χ1) is 10.1. The van der Waals surface area contributed by atoms with Crippen LogP contribution < -0.4 is 4.74 Å². The molecule has 126 valence electrons. The number of hydrogen-bond acceptors (Lipinski definition) is 4. The maximum absolute atomic E-state index is 11.6. The van der Waals surface area contributed by atoms with E-state index in [9.17, 15) is 14.4 Å². The maximum Gasteiger partial charge on any atom is 0.470 e. The number of phosphoric ester groups is 1. The monoisotopic (exact) mass is 331 g/mol. The lowest BCUT2D eigenvalue weighted by atomic mass is 9.80. The fourth-order valence-corrected chi connectivity index (χ4v) is 3.68.